The van der Waals surface area contributed by atoms with Gasteiger partial charge in [0, 0.05) is 56.5 Å². The molecule has 286 valence electrons. The first-order chi connectivity index (χ1) is 30.1. The number of hydrogen-bond donors (Lipinski definition) is 0. The first kappa shape index (κ1) is 36.0. The molecule has 0 unspecified atom stereocenters. The molecule has 0 spiro atoms. The summed E-state index contributed by atoms with van der Waals surface area (Å²) in [5.74, 6) is 0.674. The molecule has 0 amide bonds. The van der Waals surface area contributed by atoms with Crippen LogP contribution in [0.4, 0.5) is 0 Å². The van der Waals surface area contributed by atoms with Crippen molar-refractivity contribution in [2.75, 3.05) is 0 Å². The Hall–Kier alpha value is -8.15. The lowest BCUT2D eigenvalue weighted by Gasteiger charge is -2.13. The van der Waals surface area contributed by atoms with Crippen molar-refractivity contribution in [2.45, 2.75) is 6.92 Å². The molecule has 0 saturated carbocycles. The standard InChI is InChI=1S/C56H37N5/c1-36-21-22-41-27-28-49-50(33-51(39-11-4-2-5-12-39)59-55(49)54(41)58-36)38-25-23-37(24-26-38)42-15-8-17-44(31-42)53-34-52(40-13-6-3-7-14-40)60-56(61-53)45-18-9-16-43(32-45)47-20-10-19-46-35-57-30-29-48(46)47/h2-35H,1H3. The van der Waals surface area contributed by atoms with E-state index in [1.54, 1.807) is 0 Å². The lowest BCUT2D eigenvalue weighted by atomic mass is 9.94. The minimum Gasteiger partial charge on any atom is -0.264 e. The van der Waals surface area contributed by atoms with E-state index in [9.17, 15) is 0 Å². The van der Waals surface area contributed by atoms with E-state index in [1.165, 1.54) is 0 Å². The van der Waals surface area contributed by atoms with E-state index in [2.05, 4.69) is 175 Å². The Labute approximate surface area is 353 Å². The van der Waals surface area contributed by atoms with Crippen LogP contribution in [-0.2, 0) is 0 Å². The minimum absolute atomic E-state index is 0.674. The molecule has 0 aliphatic heterocycles. The van der Waals surface area contributed by atoms with E-state index in [0.29, 0.717) is 5.82 Å². The van der Waals surface area contributed by atoms with E-state index < -0.39 is 0 Å². The Kier molecular flexibility index (Phi) is 8.98. The van der Waals surface area contributed by atoms with Crippen LogP contribution in [0.25, 0.3) is 111 Å². The first-order valence-corrected chi connectivity index (χ1v) is 20.5. The highest BCUT2D eigenvalue weighted by atomic mass is 14.9. The molecular formula is C56H37N5. The number of rotatable bonds is 7. The quantitative estimate of drug-likeness (QED) is 0.151. The molecule has 0 atom stereocenters. The zero-order valence-electron chi connectivity index (χ0n) is 33.4. The number of pyridine rings is 3. The number of fused-ring (bicyclic) bond motifs is 4. The van der Waals surface area contributed by atoms with Gasteiger partial charge in [0.05, 0.1) is 28.1 Å². The average molecular weight is 780 g/mol. The highest BCUT2D eigenvalue weighted by molar-refractivity contribution is 6.09. The summed E-state index contributed by atoms with van der Waals surface area (Å²) in [5, 5.41) is 4.42. The molecule has 0 saturated heterocycles. The molecule has 5 nitrogen and oxygen atoms in total. The lowest BCUT2D eigenvalue weighted by molar-refractivity contribution is 1.18. The van der Waals surface area contributed by atoms with Crippen LogP contribution in [0.2, 0.25) is 0 Å². The fourth-order valence-electron chi connectivity index (χ4n) is 8.35. The largest absolute Gasteiger partial charge is 0.264 e. The van der Waals surface area contributed by atoms with Gasteiger partial charge in [-0.05, 0) is 82.1 Å². The zero-order valence-corrected chi connectivity index (χ0v) is 33.4. The lowest BCUT2D eigenvalue weighted by Crippen LogP contribution is -1.96. The molecule has 4 heterocycles. The maximum Gasteiger partial charge on any atom is 0.160 e. The second-order valence-electron chi connectivity index (χ2n) is 15.4. The van der Waals surface area contributed by atoms with Gasteiger partial charge in [0.25, 0.3) is 0 Å². The summed E-state index contributed by atoms with van der Waals surface area (Å²) in [5.41, 5.74) is 16.2. The van der Waals surface area contributed by atoms with Crippen molar-refractivity contribution >= 4 is 32.6 Å². The van der Waals surface area contributed by atoms with Crippen LogP contribution in [0.5, 0.6) is 0 Å². The molecule has 61 heavy (non-hydrogen) atoms. The van der Waals surface area contributed by atoms with Gasteiger partial charge in [-0.3, -0.25) is 9.97 Å². The fraction of sp³-hybridized carbons (Fsp3) is 0.0179. The van der Waals surface area contributed by atoms with E-state index in [1.807, 2.05) is 43.6 Å². The third-order valence-corrected chi connectivity index (χ3v) is 11.4. The third kappa shape index (κ3) is 6.88. The normalized spacial score (nSPS) is 11.4. The van der Waals surface area contributed by atoms with Gasteiger partial charge in [-0.15, -0.1) is 0 Å². The zero-order chi connectivity index (χ0) is 40.7. The maximum absolute atomic E-state index is 5.24. The SMILES string of the molecule is Cc1ccc2ccc3c(-c4ccc(-c5cccc(-c6cc(-c7ccccc7)nc(-c7cccc(-c8cccc9cnccc89)c7)n6)c5)cc4)cc(-c4ccccc4)nc3c2n1. The van der Waals surface area contributed by atoms with Gasteiger partial charge < -0.3 is 0 Å². The van der Waals surface area contributed by atoms with E-state index in [0.717, 1.165) is 111 Å². The fourth-order valence-corrected chi connectivity index (χ4v) is 8.35. The molecule has 0 bridgehead atoms. The summed E-state index contributed by atoms with van der Waals surface area (Å²) in [4.78, 5) is 24.9. The second-order valence-corrected chi connectivity index (χ2v) is 15.4. The Balaban J connectivity index is 0.986. The predicted molar refractivity (Wildman–Crippen MR) is 251 cm³/mol. The molecule has 0 N–H and O–H groups in total. The first-order valence-electron chi connectivity index (χ1n) is 20.5. The van der Waals surface area contributed by atoms with Gasteiger partial charge in [-0.25, -0.2) is 15.0 Å². The van der Waals surface area contributed by atoms with Crippen LogP contribution in [0.3, 0.4) is 0 Å². The highest BCUT2D eigenvalue weighted by Gasteiger charge is 2.16. The van der Waals surface area contributed by atoms with Crippen LogP contribution in [0, 0.1) is 6.92 Å². The van der Waals surface area contributed by atoms with Gasteiger partial charge in [-0.1, -0.05) is 158 Å². The van der Waals surface area contributed by atoms with Crippen LogP contribution in [0.1, 0.15) is 5.69 Å². The molecule has 7 aromatic carbocycles. The van der Waals surface area contributed by atoms with Gasteiger partial charge >= 0.3 is 0 Å². The monoisotopic (exact) mass is 779 g/mol. The molecule has 0 aliphatic rings. The molecular weight excluding hydrogens is 743 g/mol. The van der Waals surface area contributed by atoms with Crippen molar-refractivity contribution in [3.63, 3.8) is 0 Å². The molecule has 0 fully saturated rings. The van der Waals surface area contributed by atoms with Crippen molar-refractivity contribution in [3.8, 4) is 78.5 Å². The van der Waals surface area contributed by atoms with E-state index in [4.69, 9.17) is 19.9 Å². The molecule has 0 aliphatic carbocycles. The summed E-state index contributed by atoms with van der Waals surface area (Å²) in [7, 11) is 0. The average Bonchev–Trinajstić information content (AvgIpc) is 3.34. The smallest absolute Gasteiger partial charge is 0.160 e. The second kappa shape index (κ2) is 15.2. The van der Waals surface area contributed by atoms with Crippen LogP contribution < -0.4 is 0 Å². The van der Waals surface area contributed by atoms with Crippen molar-refractivity contribution in [1.29, 1.82) is 0 Å². The van der Waals surface area contributed by atoms with Gasteiger partial charge in [0.2, 0.25) is 0 Å². The topological polar surface area (TPSA) is 64.5 Å². The van der Waals surface area contributed by atoms with Crippen molar-refractivity contribution in [1.82, 2.24) is 24.9 Å². The number of nitrogens with zero attached hydrogens (tertiary/aromatic N) is 5. The molecule has 11 aromatic rings. The van der Waals surface area contributed by atoms with E-state index in [-0.39, 0.29) is 0 Å². The Morgan fingerprint density at radius 3 is 1.74 bits per heavy atom. The maximum atomic E-state index is 5.24. The van der Waals surface area contributed by atoms with Crippen LogP contribution >= 0.6 is 0 Å². The van der Waals surface area contributed by atoms with Crippen molar-refractivity contribution in [3.05, 3.63) is 212 Å². The van der Waals surface area contributed by atoms with Crippen molar-refractivity contribution < 1.29 is 0 Å². The van der Waals surface area contributed by atoms with Crippen molar-refractivity contribution in [2.24, 2.45) is 0 Å². The summed E-state index contributed by atoms with van der Waals surface area (Å²) < 4.78 is 0. The summed E-state index contributed by atoms with van der Waals surface area (Å²) in [6, 6.07) is 68.0. The van der Waals surface area contributed by atoms with Crippen LogP contribution in [-0.4, -0.2) is 24.9 Å². The summed E-state index contributed by atoms with van der Waals surface area (Å²) >= 11 is 0. The molecule has 11 rings (SSSR count). The van der Waals surface area contributed by atoms with Crippen LogP contribution in [0.15, 0.2) is 207 Å². The Morgan fingerprint density at radius 2 is 0.951 bits per heavy atom. The summed E-state index contributed by atoms with van der Waals surface area (Å²) in [6.45, 7) is 2.03. The third-order valence-electron chi connectivity index (χ3n) is 11.4. The van der Waals surface area contributed by atoms with Gasteiger partial charge in [0.15, 0.2) is 5.82 Å². The highest BCUT2D eigenvalue weighted by Crippen LogP contribution is 2.37. The van der Waals surface area contributed by atoms with E-state index >= 15 is 0 Å². The van der Waals surface area contributed by atoms with Gasteiger partial charge in [0.1, 0.15) is 0 Å². The Morgan fingerprint density at radius 1 is 0.328 bits per heavy atom. The van der Waals surface area contributed by atoms with Gasteiger partial charge in [-0.2, -0.15) is 0 Å². The number of aromatic nitrogens is 5. The molecule has 0 radical (unpaired) electrons. The Bertz CT molecular complexity index is 3410. The number of hydrogen-bond acceptors (Lipinski definition) is 5. The number of aryl methyl sites for hydroxylation is 1. The summed E-state index contributed by atoms with van der Waals surface area (Å²) in [6.07, 6.45) is 3.76. The number of benzene rings is 7. The minimum atomic E-state index is 0.674. The molecule has 5 heteroatoms. The molecule has 4 aromatic heterocycles. The predicted octanol–water partition coefficient (Wildman–Crippen LogP) is 14.1.